The third-order valence-corrected chi connectivity index (χ3v) is 3.68. The molecule has 5 nitrogen and oxygen atoms in total. The van der Waals surface area contributed by atoms with Crippen LogP contribution in [0.1, 0.15) is 5.56 Å². The largest absolute Gasteiger partial charge is 0.396 e. The van der Waals surface area contributed by atoms with Crippen LogP contribution in [-0.2, 0) is 6.42 Å². The highest BCUT2D eigenvalue weighted by Gasteiger charge is 2.04. The highest BCUT2D eigenvalue weighted by molar-refractivity contribution is 7.13. The number of pyridine rings is 2. The van der Waals surface area contributed by atoms with Gasteiger partial charge in [-0.05, 0) is 30.2 Å². The molecule has 3 aromatic rings. The molecule has 3 aromatic heterocycles. The van der Waals surface area contributed by atoms with Crippen molar-refractivity contribution in [1.29, 1.82) is 0 Å². The van der Waals surface area contributed by atoms with Gasteiger partial charge >= 0.3 is 0 Å². The summed E-state index contributed by atoms with van der Waals surface area (Å²) >= 11 is 1.56. The molecule has 3 heterocycles. The zero-order valence-electron chi connectivity index (χ0n) is 11.2. The lowest BCUT2D eigenvalue weighted by Crippen LogP contribution is -1.98. The fourth-order valence-electron chi connectivity index (χ4n) is 1.88. The van der Waals surface area contributed by atoms with Gasteiger partial charge < -0.3 is 10.4 Å². The van der Waals surface area contributed by atoms with Crippen LogP contribution < -0.4 is 5.32 Å². The second kappa shape index (κ2) is 6.43. The van der Waals surface area contributed by atoms with E-state index in [4.69, 9.17) is 5.11 Å². The summed E-state index contributed by atoms with van der Waals surface area (Å²) in [5, 5.41) is 14.9. The minimum Gasteiger partial charge on any atom is -0.396 e. The molecule has 0 spiro atoms. The standard InChI is InChI=1S/C15H14N4OS/c20-8-6-11-4-5-13(17-10-11)19-14-3-1-2-12(18-14)15-16-7-9-21-15/h1-5,7,9-10,20H,6,8H2,(H,17,18,19). The molecule has 6 heteroatoms. The van der Waals surface area contributed by atoms with Crippen molar-refractivity contribution in [3.05, 3.63) is 53.7 Å². The average molecular weight is 298 g/mol. The Kier molecular flexibility index (Phi) is 4.18. The monoisotopic (exact) mass is 298 g/mol. The lowest BCUT2D eigenvalue weighted by Gasteiger charge is -2.06. The fourth-order valence-corrected chi connectivity index (χ4v) is 2.49. The third kappa shape index (κ3) is 3.42. The topological polar surface area (TPSA) is 70.9 Å². The molecule has 0 aromatic carbocycles. The van der Waals surface area contributed by atoms with Gasteiger partial charge in [0, 0.05) is 24.4 Å². The Morgan fingerprint density at radius 2 is 2.05 bits per heavy atom. The molecule has 0 amide bonds. The van der Waals surface area contributed by atoms with E-state index in [-0.39, 0.29) is 6.61 Å². The molecule has 0 unspecified atom stereocenters. The van der Waals surface area contributed by atoms with E-state index in [2.05, 4.69) is 20.3 Å². The number of anilines is 2. The summed E-state index contributed by atoms with van der Waals surface area (Å²) in [6.45, 7) is 0.131. The van der Waals surface area contributed by atoms with Crippen LogP contribution >= 0.6 is 11.3 Å². The van der Waals surface area contributed by atoms with Gasteiger partial charge in [-0.1, -0.05) is 12.1 Å². The first-order valence-electron chi connectivity index (χ1n) is 6.55. The molecule has 3 rings (SSSR count). The van der Waals surface area contributed by atoms with Gasteiger partial charge in [-0.25, -0.2) is 15.0 Å². The van der Waals surface area contributed by atoms with Crippen molar-refractivity contribution >= 4 is 23.0 Å². The second-order valence-electron chi connectivity index (χ2n) is 4.40. The van der Waals surface area contributed by atoms with Crippen LogP contribution in [-0.4, -0.2) is 26.7 Å². The smallest absolute Gasteiger partial charge is 0.141 e. The van der Waals surface area contributed by atoms with Crippen molar-refractivity contribution in [1.82, 2.24) is 15.0 Å². The molecule has 0 saturated carbocycles. The van der Waals surface area contributed by atoms with Gasteiger partial charge in [-0.2, -0.15) is 0 Å². The maximum absolute atomic E-state index is 8.89. The van der Waals surface area contributed by atoms with Gasteiger partial charge in [-0.3, -0.25) is 0 Å². The second-order valence-corrected chi connectivity index (χ2v) is 5.29. The van der Waals surface area contributed by atoms with Crippen LogP contribution in [0.5, 0.6) is 0 Å². The lowest BCUT2D eigenvalue weighted by molar-refractivity contribution is 0.299. The number of aromatic nitrogens is 3. The summed E-state index contributed by atoms with van der Waals surface area (Å²) in [4.78, 5) is 13.1. The Morgan fingerprint density at radius 3 is 2.76 bits per heavy atom. The maximum Gasteiger partial charge on any atom is 0.141 e. The van der Waals surface area contributed by atoms with Crippen LogP contribution in [0.4, 0.5) is 11.6 Å². The molecular weight excluding hydrogens is 284 g/mol. The highest BCUT2D eigenvalue weighted by Crippen LogP contribution is 2.22. The zero-order valence-corrected chi connectivity index (χ0v) is 12.0. The molecule has 0 fully saturated rings. The van der Waals surface area contributed by atoms with Crippen molar-refractivity contribution in [2.75, 3.05) is 11.9 Å². The molecule has 0 aliphatic heterocycles. The zero-order chi connectivity index (χ0) is 14.5. The van der Waals surface area contributed by atoms with Gasteiger partial charge in [-0.15, -0.1) is 11.3 Å². The van der Waals surface area contributed by atoms with Crippen LogP contribution in [0.2, 0.25) is 0 Å². The number of aliphatic hydroxyl groups excluding tert-OH is 1. The summed E-state index contributed by atoms with van der Waals surface area (Å²) < 4.78 is 0. The van der Waals surface area contributed by atoms with E-state index in [0.29, 0.717) is 6.42 Å². The predicted molar refractivity (Wildman–Crippen MR) is 83.7 cm³/mol. The van der Waals surface area contributed by atoms with Gasteiger partial charge in [0.15, 0.2) is 0 Å². The predicted octanol–water partition coefficient (Wildman–Crippen LogP) is 2.88. The van der Waals surface area contributed by atoms with Crippen molar-refractivity contribution in [2.45, 2.75) is 6.42 Å². The summed E-state index contributed by atoms with van der Waals surface area (Å²) in [5.74, 6) is 1.45. The number of hydrogen-bond donors (Lipinski definition) is 2. The molecule has 2 N–H and O–H groups in total. The Labute approximate surface area is 126 Å². The Bertz CT molecular complexity index is 698. The highest BCUT2D eigenvalue weighted by atomic mass is 32.1. The molecule has 0 bridgehead atoms. The van der Waals surface area contributed by atoms with E-state index in [1.807, 2.05) is 35.7 Å². The number of rotatable bonds is 5. The van der Waals surface area contributed by atoms with E-state index >= 15 is 0 Å². The quantitative estimate of drug-likeness (QED) is 0.758. The summed E-state index contributed by atoms with van der Waals surface area (Å²) in [6, 6.07) is 9.58. The van der Waals surface area contributed by atoms with Gasteiger partial charge in [0.1, 0.15) is 22.3 Å². The molecule has 0 aliphatic carbocycles. The number of hydrogen-bond acceptors (Lipinski definition) is 6. The first-order chi connectivity index (χ1) is 10.3. The lowest BCUT2D eigenvalue weighted by atomic mass is 10.2. The SMILES string of the molecule is OCCc1ccc(Nc2cccc(-c3nccs3)n2)nc1. The normalized spacial score (nSPS) is 10.5. The van der Waals surface area contributed by atoms with Crippen LogP contribution in [0.3, 0.4) is 0 Å². The molecule has 0 radical (unpaired) electrons. The van der Waals surface area contributed by atoms with Crippen molar-refractivity contribution < 1.29 is 5.11 Å². The van der Waals surface area contributed by atoms with Crippen molar-refractivity contribution in [2.24, 2.45) is 0 Å². The Balaban J connectivity index is 1.77. The molecule has 0 atom stereocenters. The summed E-state index contributed by atoms with van der Waals surface area (Å²) in [7, 11) is 0. The van der Waals surface area contributed by atoms with Crippen molar-refractivity contribution in [3.8, 4) is 10.7 Å². The molecule has 21 heavy (non-hydrogen) atoms. The molecule has 106 valence electrons. The molecular formula is C15H14N4OS. The number of nitrogens with zero attached hydrogens (tertiary/aromatic N) is 3. The summed E-state index contributed by atoms with van der Waals surface area (Å²) in [6.07, 6.45) is 4.14. The maximum atomic E-state index is 8.89. The first kappa shape index (κ1) is 13.7. The fraction of sp³-hybridized carbons (Fsp3) is 0.133. The van der Waals surface area contributed by atoms with E-state index < -0.39 is 0 Å². The number of nitrogens with one attached hydrogen (secondary N) is 1. The van der Waals surface area contributed by atoms with Crippen LogP contribution in [0, 0.1) is 0 Å². The van der Waals surface area contributed by atoms with E-state index in [1.54, 1.807) is 23.7 Å². The molecule has 0 saturated heterocycles. The Morgan fingerprint density at radius 1 is 1.10 bits per heavy atom. The van der Waals surface area contributed by atoms with E-state index in [9.17, 15) is 0 Å². The van der Waals surface area contributed by atoms with Crippen LogP contribution in [0.15, 0.2) is 48.1 Å². The molecule has 0 aliphatic rings. The van der Waals surface area contributed by atoms with E-state index in [1.165, 1.54) is 0 Å². The first-order valence-corrected chi connectivity index (χ1v) is 7.43. The number of thiazole rings is 1. The third-order valence-electron chi connectivity index (χ3n) is 2.88. The minimum atomic E-state index is 0.131. The summed E-state index contributed by atoms with van der Waals surface area (Å²) in [5.41, 5.74) is 1.85. The Hall–Kier alpha value is -2.31. The van der Waals surface area contributed by atoms with Gasteiger partial charge in [0.05, 0.1) is 0 Å². The van der Waals surface area contributed by atoms with Crippen molar-refractivity contribution in [3.63, 3.8) is 0 Å². The van der Waals surface area contributed by atoms with Gasteiger partial charge in [0.25, 0.3) is 0 Å². The minimum absolute atomic E-state index is 0.131. The van der Waals surface area contributed by atoms with E-state index in [0.717, 1.165) is 27.9 Å². The van der Waals surface area contributed by atoms with Crippen LogP contribution in [0.25, 0.3) is 10.7 Å². The number of aliphatic hydroxyl groups is 1. The average Bonchev–Trinajstić information content (AvgIpc) is 3.04. The van der Waals surface area contributed by atoms with Gasteiger partial charge in [0.2, 0.25) is 0 Å².